The normalized spacial score (nSPS) is 37.0. The number of aromatic hydroxyl groups is 1. The minimum Gasteiger partial charge on any atom is -0.508 e. The molecule has 0 radical (unpaired) electrons. The lowest BCUT2D eigenvalue weighted by Crippen LogP contribution is -2.41. The van der Waals surface area contributed by atoms with Crippen molar-refractivity contribution in [1.82, 2.24) is 0 Å². The van der Waals surface area contributed by atoms with Crippen LogP contribution in [-0.2, 0) is 6.42 Å². The van der Waals surface area contributed by atoms with Crippen molar-refractivity contribution >= 4 is 0 Å². The van der Waals surface area contributed by atoms with E-state index in [2.05, 4.69) is 25.0 Å². The summed E-state index contributed by atoms with van der Waals surface area (Å²) in [6, 6.07) is 5.99. The summed E-state index contributed by atoms with van der Waals surface area (Å²) in [5, 5.41) is 9.71. The minimum absolute atomic E-state index is 0.240. The van der Waals surface area contributed by atoms with Crippen LogP contribution in [0.25, 0.3) is 0 Å². The quantitative estimate of drug-likeness (QED) is 0.697. The maximum Gasteiger partial charge on any atom is 0.115 e. The largest absolute Gasteiger partial charge is 0.508 e. The molecule has 0 bridgehead atoms. The molecule has 0 saturated heterocycles. The van der Waals surface area contributed by atoms with Crippen LogP contribution in [0.2, 0.25) is 0 Å². The topological polar surface area (TPSA) is 20.2 Å². The summed E-state index contributed by atoms with van der Waals surface area (Å²) in [5.74, 6) is 5.49. The first-order chi connectivity index (χ1) is 10.1. The molecule has 4 atom stereocenters. The van der Waals surface area contributed by atoms with Gasteiger partial charge in [0.05, 0.1) is 0 Å². The van der Waals surface area contributed by atoms with Crippen molar-refractivity contribution in [3.05, 3.63) is 41.0 Å². The number of aryl methyl sites for hydroxylation is 1. The Labute approximate surface area is 127 Å². The van der Waals surface area contributed by atoms with Crippen LogP contribution in [-0.4, -0.2) is 5.11 Å². The van der Waals surface area contributed by atoms with Gasteiger partial charge in [0, 0.05) is 11.0 Å². The lowest BCUT2D eigenvalue weighted by molar-refractivity contribution is 0.0781. The van der Waals surface area contributed by atoms with Crippen molar-refractivity contribution < 1.29 is 5.11 Å². The van der Waals surface area contributed by atoms with E-state index in [1.165, 1.54) is 36.0 Å². The molecule has 0 aliphatic heterocycles. The third-order valence-corrected chi connectivity index (χ3v) is 6.45. The summed E-state index contributed by atoms with van der Waals surface area (Å²) in [7, 11) is 0. The molecule has 0 aromatic heterocycles. The number of hydrogen-bond donors (Lipinski definition) is 1. The van der Waals surface area contributed by atoms with Crippen LogP contribution in [0, 0.1) is 29.6 Å². The van der Waals surface area contributed by atoms with Gasteiger partial charge in [0.1, 0.15) is 5.75 Å². The highest BCUT2D eigenvalue weighted by Gasteiger charge is 2.51. The SMILES string of the molecule is C#CC1=CCC2C3CCc4cc(O)ccc4C3CC[C@]12C. The van der Waals surface area contributed by atoms with Crippen molar-refractivity contribution in [2.24, 2.45) is 17.3 Å². The lowest BCUT2D eigenvalue weighted by Gasteiger charge is -2.49. The lowest BCUT2D eigenvalue weighted by atomic mass is 9.54. The van der Waals surface area contributed by atoms with Gasteiger partial charge in [0.2, 0.25) is 0 Å². The zero-order valence-electron chi connectivity index (χ0n) is 12.6. The zero-order valence-corrected chi connectivity index (χ0v) is 12.6. The molecule has 0 heterocycles. The van der Waals surface area contributed by atoms with Gasteiger partial charge in [-0.25, -0.2) is 0 Å². The molecule has 4 rings (SSSR count). The van der Waals surface area contributed by atoms with Crippen LogP contribution in [0.3, 0.4) is 0 Å². The maximum atomic E-state index is 9.71. The molecule has 1 fully saturated rings. The highest BCUT2D eigenvalue weighted by Crippen LogP contribution is 2.60. The van der Waals surface area contributed by atoms with Crippen LogP contribution in [0.1, 0.15) is 49.7 Å². The predicted octanol–water partition coefficient (Wildman–Crippen LogP) is 4.42. The zero-order chi connectivity index (χ0) is 14.6. The molecule has 1 aromatic rings. The molecular weight excluding hydrogens is 256 g/mol. The average molecular weight is 278 g/mol. The third kappa shape index (κ3) is 1.72. The second kappa shape index (κ2) is 4.41. The molecule has 1 N–H and O–H groups in total. The smallest absolute Gasteiger partial charge is 0.115 e. The number of fused-ring (bicyclic) bond motifs is 5. The highest BCUT2D eigenvalue weighted by atomic mass is 16.3. The van der Waals surface area contributed by atoms with E-state index in [0.29, 0.717) is 17.6 Å². The van der Waals surface area contributed by atoms with Gasteiger partial charge in [-0.15, -0.1) is 6.42 Å². The average Bonchev–Trinajstić information content (AvgIpc) is 2.83. The van der Waals surface area contributed by atoms with Gasteiger partial charge < -0.3 is 5.11 Å². The molecule has 108 valence electrons. The number of phenols is 1. The maximum absolute atomic E-state index is 9.71. The Hall–Kier alpha value is -1.68. The molecular formula is C20H22O. The van der Waals surface area contributed by atoms with Crippen LogP contribution >= 0.6 is 0 Å². The Morgan fingerprint density at radius 3 is 3.00 bits per heavy atom. The van der Waals surface area contributed by atoms with Crippen LogP contribution in [0.4, 0.5) is 0 Å². The number of rotatable bonds is 0. The van der Waals surface area contributed by atoms with E-state index in [1.807, 2.05) is 12.1 Å². The summed E-state index contributed by atoms with van der Waals surface area (Å²) in [4.78, 5) is 0. The first-order valence-electron chi connectivity index (χ1n) is 8.12. The number of hydrogen-bond acceptors (Lipinski definition) is 1. The Kier molecular flexibility index (Phi) is 2.73. The van der Waals surface area contributed by atoms with Crippen molar-refractivity contribution in [2.75, 3.05) is 0 Å². The second-order valence-corrected chi connectivity index (χ2v) is 7.25. The van der Waals surface area contributed by atoms with Gasteiger partial charge in [-0.2, -0.15) is 0 Å². The van der Waals surface area contributed by atoms with E-state index in [-0.39, 0.29) is 5.41 Å². The number of allylic oxidation sites excluding steroid dienone is 2. The fraction of sp³-hybridized carbons (Fsp3) is 0.500. The molecule has 1 nitrogen and oxygen atoms in total. The monoisotopic (exact) mass is 278 g/mol. The molecule has 1 saturated carbocycles. The molecule has 3 aliphatic carbocycles. The van der Waals surface area contributed by atoms with Gasteiger partial charge in [-0.3, -0.25) is 0 Å². The molecule has 3 unspecified atom stereocenters. The Morgan fingerprint density at radius 2 is 2.19 bits per heavy atom. The summed E-state index contributed by atoms with van der Waals surface area (Å²) < 4.78 is 0. The minimum atomic E-state index is 0.240. The van der Waals surface area contributed by atoms with E-state index < -0.39 is 0 Å². The van der Waals surface area contributed by atoms with Crippen molar-refractivity contribution in [1.29, 1.82) is 0 Å². The Bertz CT molecular complexity index is 663. The summed E-state index contributed by atoms with van der Waals surface area (Å²) in [5.41, 5.74) is 4.34. The van der Waals surface area contributed by atoms with Crippen LogP contribution in [0.15, 0.2) is 29.8 Å². The van der Waals surface area contributed by atoms with Crippen molar-refractivity contribution in [2.45, 2.75) is 44.9 Å². The summed E-state index contributed by atoms with van der Waals surface area (Å²) in [6.45, 7) is 2.39. The molecule has 1 heteroatoms. The number of benzene rings is 1. The van der Waals surface area contributed by atoms with Gasteiger partial charge in [-0.1, -0.05) is 25.0 Å². The molecule has 0 amide bonds. The molecule has 0 spiro atoms. The van der Waals surface area contributed by atoms with E-state index in [4.69, 9.17) is 6.42 Å². The number of terminal acetylenes is 1. The number of phenolic OH excluding ortho intramolecular Hbond substituents is 1. The molecule has 3 aliphatic rings. The summed E-state index contributed by atoms with van der Waals surface area (Å²) in [6.07, 6.45) is 14.0. The predicted molar refractivity (Wildman–Crippen MR) is 85.0 cm³/mol. The fourth-order valence-corrected chi connectivity index (χ4v) is 5.36. The van der Waals surface area contributed by atoms with Gasteiger partial charge in [0.15, 0.2) is 0 Å². The Balaban J connectivity index is 1.71. The van der Waals surface area contributed by atoms with Gasteiger partial charge >= 0.3 is 0 Å². The Morgan fingerprint density at radius 1 is 1.33 bits per heavy atom. The van der Waals surface area contributed by atoms with Crippen molar-refractivity contribution in [3.8, 4) is 18.1 Å². The first kappa shape index (κ1) is 13.0. The standard InChI is InChI=1S/C20H22O/c1-3-14-5-9-19-18-7-4-13-12-15(21)6-8-16(13)17(18)10-11-20(14,19)2/h1,5-6,8,12,17-19,21H,4,7,9-11H2,2H3/t17?,18?,19?,20-/m1/s1. The van der Waals surface area contributed by atoms with E-state index >= 15 is 0 Å². The first-order valence-corrected chi connectivity index (χ1v) is 8.12. The van der Waals surface area contributed by atoms with E-state index in [0.717, 1.165) is 18.8 Å². The van der Waals surface area contributed by atoms with E-state index in [1.54, 1.807) is 0 Å². The van der Waals surface area contributed by atoms with Crippen LogP contribution < -0.4 is 0 Å². The molecule has 1 aromatic carbocycles. The van der Waals surface area contributed by atoms with Crippen LogP contribution in [0.5, 0.6) is 5.75 Å². The van der Waals surface area contributed by atoms with Crippen molar-refractivity contribution in [3.63, 3.8) is 0 Å². The van der Waals surface area contributed by atoms with Gasteiger partial charge in [-0.05, 0) is 73.1 Å². The second-order valence-electron chi connectivity index (χ2n) is 7.25. The molecule has 21 heavy (non-hydrogen) atoms. The summed E-state index contributed by atoms with van der Waals surface area (Å²) >= 11 is 0. The fourth-order valence-electron chi connectivity index (χ4n) is 5.36. The van der Waals surface area contributed by atoms with Gasteiger partial charge in [0.25, 0.3) is 0 Å². The van der Waals surface area contributed by atoms with E-state index in [9.17, 15) is 5.11 Å². The third-order valence-electron chi connectivity index (χ3n) is 6.45. The highest BCUT2D eigenvalue weighted by molar-refractivity contribution is 5.43.